The van der Waals surface area contributed by atoms with Gasteiger partial charge in [-0.15, -0.1) is 0 Å². The number of nitro benzene ring substituents is 1. The van der Waals surface area contributed by atoms with Gasteiger partial charge in [0.2, 0.25) is 5.75 Å². The average molecular weight is 613 g/mol. The molecule has 0 fully saturated rings. The van der Waals surface area contributed by atoms with E-state index in [2.05, 4.69) is 27.2 Å². The van der Waals surface area contributed by atoms with E-state index in [4.69, 9.17) is 25.5 Å². The van der Waals surface area contributed by atoms with Crippen LogP contribution in [0.1, 0.15) is 43.6 Å². The molecule has 2 aromatic heterocycles. The van der Waals surface area contributed by atoms with Gasteiger partial charge >= 0.3 is 17.6 Å². The predicted octanol–water partition coefficient (Wildman–Crippen LogP) is 6.81. The molecule has 0 spiro atoms. The fourth-order valence-corrected chi connectivity index (χ4v) is 4.60. The van der Waals surface area contributed by atoms with E-state index in [0.717, 1.165) is 23.3 Å². The van der Waals surface area contributed by atoms with E-state index >= 15 is 0 Å². The quantitative estimate of drug-likeness (QED) is 0.0601. The third-order valence-electron chi connectivity index (χ3n) is 6.51. The van der Waals surface area contributed by atoms with Gasteiger partial charge < -0.3 is 18.5 Å². The Balaban J connectivity index is 1.21. The number of rotatable bonds is 10. The minimum Gasteiger partial charge on any atom is -0.486 e. The molecule has 1 amide bonds. The summed E-state index contributed by atoms with van der Waals surface area (Å²) in [5.41, 5.74) is 5.20. The molecule has 0 aliphatic carbocycles. The number of halogens is 1. The largest absolute Gasteiger partial charge is 0.486 e. The molecular formula is C32H25ClN4O7. The molecule has 222 valence electrons. The lowest BCUT2D eigenvalue weighted by molar-refractivity contribution is -0.385. The maximum absolute atomic E-state index is 12.7. The predicted molar refractivity (Wildman–Crippen MR) is 163 cm³/mol. The number of amides is 1. The van der Waals surface area contributed by atoms with Gasteiger partial charge in [-0.2, -0.15) is 5.10 Å². The lowest BCUT2D eigenvalue weighted by Crippen LogP contribution is -2.17. The Kier molecular flexibility index (Phi) is 8.87. The first kappa shape index (κ1) is 29.8. The van der Waals surface area contributed by atoms with E-state index < -0.39 is 22.5 Å². The van der Waals surface area contributed by atoms with Crippen LogP contribution in [0.15, 0.2) is 101 Å². The summed E-state index contributed by atoms with van der Waals surface area (Å²) in [6.07, 6.45) is 1.12. The smallest absolute Gasteiger partial charge is 0.345 e. The van der Waals surface area contributed by atoms with Crippen molar-refractivity contribution in [3.8, 4) is 17.2 Å². The van der Waals surface area contributed by atoms with Crippen LogP contribution < -0.4 is 14.9 Å². The highest BCUT2D eigenvalue weighted by molar-refractivity contribution is 6.33. The number of hydrogen-bond donors (Lipinski definition) is 1. The van der Waals surface area contributed by atoms with Crippen molar-refractivity contribution < 1.29 is 28.4 Å². The van der Waals surface area contributed by atoms with E-state index in [1.54, 1.807) is 18.2 Å². The van der Waals surface area contributed by atoms with Crippen LogP contribution in [0.2, 0.25) is 5.02 Å². The summed E-state index contributed by atoms with van der Waals surface area (Å²) < 4.78 is 18.9. The number of nitrogens with one attached hydrogen (secondary N) is 1. The number of aromatic nitrogens is 1. The maximum atomic E-state index is 12.7. The van der Waals surface area contributed by atoms with Crippen LogP contribution in [0, 0.1) is 24.0 Å². The summed E-state index contributed by atoms with van der Waals surface area (Å²) in [4.78, 5) is 36.2. The summed E-state index contributed by atoms with van der Waals surface area (Å²) in [5, 5.41) is 15.6. The molecule has 2 heterocycles. The van der Waals surface area contributed by atoms with Crippen molar-refractivity contribution in [1.82, 2.24) is 9.99 Å². The Bertz CT molecular complexity index is 1860. The Morgan fingerprint density at radius 1 is 0.977 bits per heavy atom. The summed E-state index contributed by atoms with van der Waals surface area (Å²) in [6.45, 7) is 4.17. The van der Waals surface area contributed by atoms with Crippen molar-refractivity contribution in [1.29, 1.82) is 0 Å². The highest BCUT2D eigenvalue weighted by Crippen LogP contribution is 2.31. The molecule has 0 radical (unpaired) electrons. The standard InChI is InChI=1S/C32H25ClN4O7/c1-20-10-11-21(2)36(20)23-12-14-24(15-13-23)42-19-25-16-17-29(43-25)31(38)35-34-18-22-6-5-9-28(37(40)41)30(22)44-32(39)26-7-3-4-8-27(26)33/h3-18H,19H2,1-2H3,(H,35,38)/b34-18+. The first-order chi connectivity index (χ1) is 21.2. The molecule has 0 aliphatic rings. The number of aryl methyl sites for hydroxylation is 2. The van der Waals surface area contributed by atoms with Crippen molar-refractivity contribution in [3.63, 3.8) is 0 Å². The minimum atomic E-state index is -0.893. The SMILES string of the molecule is Cc1ccc(C)n1-c1ccc(OCc2ccc(C(=O)N/N=C/c3cccc([N+](=O)[O-])c3OC(=O)c3ccccc3Cl)o2)cc1. The fourth-order valence-electron chi connectivity index (χ4n) is 4.39. The van der Waals surface area contributed by atoms with Gasteiger partial charge in [0, 0.05) is 28.7 Å². The molecule has 44 heavy (non-hydrogen) atoms. The van der Waals surface area contributed by atoms with Crippen molar-refractivity contribution in [3.05, 3.63) is 140 Å². The third-order valence-corrected chi connectivity index (χ3v) is 6.84. The number of hydrogen-bond acceptors (Lipinski definition) is 8. The zero-order valence-corrected chi connectivity index (χ0v) is 24.3. The maximum Gasteiger partial charge on any atom is 0.345 e. The zero-order chi connectivity index (χ0) is 31.2. The number of nitro groups is 1. The van der Waals surface area contributed by atoms with Crippen LogP contribution in [-0.2, 0) is 6.61 Å². The molecule has 0 aliphatic heterocycles. The molecular weight excluding hydrogens is 588 g/mol. The van der Waals surface area contributed by atoms with Gasteiger partial charge in [-0.05, 0) is 80.6 Å². The van der Waals surface area contributed by atoms with Crippen molar-refractivity contribution >= 4 is 35.4 Å². The number of carbonyl (C=O) groups is 2. The van der Waals surface area contributed by atoms with Crippen LogP contribution in [0.25, 0.3) is 5.69 Å². The topological polar surface area (TPSA) is 138 Å². The lowest BCUT2D eigenvalue weighted by Gasteiger charge is -2.10. The Morgan fingerprint density at radius 2 is 1.70 bits per heavy atom. The number of ether oxygens (including phenoxy) is 2. The number of nitrogens with zero attached hydrogens (tertiary/aromatic N) is 3. The molecule has 5 aromatic rings. The molecule has 12 heteroatoms. The zero-order valence-electron chi connectivity index (χ0n) is 23.5. The van der Waals surface area contributed by atoms with Crippen molar-refractivity contribution in [2.24, 2.45) is 5.10 Å². The molecule has 0 saturated heterocycles. The van der Waals surface area contributed by atoms with Gasteiger partial charge in [0.15, 0.2) is 5.76 Å². The second kappa shape index (κ2) is 13.1. The van der Waals surface area contributed by atoms with Crippen LogP contribution >= 0.6 is 11.6 Å². The second-order valence-electron chi connectivity index (χ2n) is 9.52. The van der Waals surface area contributed by atoms with E-state index in [1.807, 2.05) is 38.1 Å². The van der Waals surface area contributed by atoms with Crippen LogP contribution in [0.3, 0.4) is 0 Å². The van der Waals surface area contributed by atoms with Gasteiger partial charge in [-0.1, -0.05) is 29.8 Å². The first-order valence-corrected chi connectivity index (χ1v) is 13.6. The second-order valence-corrected chi connectivity index (χ2v) is 9.93. The monoisotopic (exact) mass is 612 g/mol. The fraction of sp³-hybridized carbons (Fsp3) is 0.0938. The van der Waals surface area contributed by atoms with Gasteiger partial charge in [-0.25, -0.2) is 10.2 Å². The van der Waals surface area contributed by atoms with Crippen LogP contribution in [-0.4, -0.2) is 27.6 Å². The Labute approximate surface area is 256 Å². The summed E-state index contributed by atoms with van der Waals surface area (Å²) in [7, 11) is 0. The Hall–Kier alpha value is -5.68. The van der Waals surface area contributed by atoms with E-state index in [9.17, 15) is 19.7 Å². The van der Waals surface area contributed by atoms with E-state index in [1.165, 1.54) is 36.4 Å². The molecule has 3 aromatic carbocycles. The summed E-state index contributed by atoms with van der Waals surface area (Å²) >= 11 is 6.06. The average Bonchev–Trinajstić information content (AvgIpc) is 3.63. The molecule has 11 nitrogen and oxygen atoms in total. The lowest BCUT2D eigenvalue weighted by atomic mass is 10.2. The number of hydrazone groups is 1. The van der Waals surface area contributed by atoms with E-state index in [0.29, 0.717) is 11.5 Å². The number of benzene rings is 3. The van der Waals surface area contributed by atoms with Crippen molar-refractivity contribution in [2.75, 3.05) is 0 Å². The van der Waals surface area contributed by atoms with Gasteiger partial charge in [0.1, 0.15) is 18.1 Å². The van der Waals surface area contributed by atoms with Gasteiger partial charge in [0.25, 0.3) is 0 Å². The molecule has 0 unspecified atom stereocenters. The molecule has 0 saturated carbocycles. The first-order valence-electron chi connectivity index (χ1n) is 13.3. The Morgan fingerprint density at radius 3 is 2.41 bits per heavy atom. The summed E-state index contributed by atoms with van der Waals surface area (Å²) in [6, 6.07) is 24.9. The molecule has 1 N–H and O–H groups in total. The van der Waals surface area contributed by atoms with Gasteiger partial charge in [-0.3, -0.25) is 14.9 Å². The number of carbonyl (C=O) groups excluding carboxylic acids is 2. The normalized spacial score (nSPS) is 11.0. The number of furan rings is 1. The minimum absolute atomic E-state index is 0.0280. The molecule has 5 rings (SSSR count). The number of para-hydroxylation sites is 1. The third kappa shape index (κ3) is 6.69. The number of esters is 1. The van der Waals surface area contributed by atoms with Gasteiger partial charge in [0.05, 0.1) is 21.7 Å². The van der Waals surface area contributed by atoms with Crippen molar-refractivity contribution in [2.45, 2.75) is 20.5 Å². The summed E-state index contributed by atoms with van der Waals surface area (Å²) in [5.74, 6) is -0.909. The van der Waals surface area contributed by atoms with Crippen LogP contribution in [0.5, 0.6) is 11.5 Å². The van der Waals surface area contributed by atoms with E-state index in [-0.39, 0.29) is 34.3 Å². The molecule has 0 atom stereocenters. The highest BCUT2D eigenvalue weighted by Gasteiger charge is 2.23. The molecule has 0 bridgehead atoms. The highest BCUT2D eigenvalue weighted by atomic mass is 35.5. The van der Waals surface area contributed by atoms with Crippen LogP contribution in [0.4, 0.5) is 5.69 Å².